The van der Waals surface area contributed by atoms with Crippen molar-refractivity contribution in [2.45, 2.75) is 60.5 Å². The molecule has 0 aromatic heterocycles. The number of benzene rings is 1. The van der Waals surface area contributed by atoms with Crippen molar-refractivity contribution in [1.29, 1.82) is 0 Å². The van der Waals surface area contributed by atoms with E-state index in [1.165, 1.54) is 0 Å². The molecule has 4 nitrogen and oxygen atoms in total. The molecule has 0 saturated heterocycles. The maximum absolute atomic E-state index is 5.92. The van der Waals surface area contributed by atoms with E-state index in [-0.39, 0.29) is 22.9 Å². The molecule has 1 aromatic carbocycles. The first-order valence-electron chi connectivity index (χ1n) is 9.09. The van der Waals surface area contributed by atoms with Crippen molar-refractivity contribution in [2.24, 2.45) is 20.8 Å². The van der Waals surface area contributed by atoms with Crippen LogP contribution in [0.3, 0.4) is 0 Å². The van der Waals surface area contributed by atoms with Crippen LogP contribution in [0.1, 0.15) is 58.2 Å². The van der Waals surface area contributed by atoms with Gasteiger partial charge >= 0.3 is 0 Å². The maximum Gasteiger partial charge on any atom is 0.216 e. The van der Waals surface area contributed by atoms with Crippen LogP contribution in [0, 0.1) is 17.8 Å². The van der Waals surface area contributed by atoms with Crippen LogP contribution >= 0.6 is 0 Å². The number of ether oxygens (including phenoxy) is 2. The number of rotatable bonds is 2. The summed E-state index contributed by atoms with van der Waals surface area (Å²) in [5.74, 6) is 1.48. The summed E-state index contributed by atoms with van der Waals surface area (Å²) >= 11 is 0. The lowest BCUT2D eigenvalue weighted by Crippen LogP contribution is -2.25. The van der Waals surface area contributed by atoms with Crippen molar-refractivity contribution in [3.63, 3.8) is 0 Å². The van der Waals surface area contributed by atoms with Gasteiger partial charge in [0.05, 0.1) is 12.1 Å². The molecule has 4 heteroatoms. The van der Waals surface area contributed by atoms with Crippen molar-refractivity contribution < 1.29 is 9.47 Å². The lowest BCUT2D eigenvalue weighted by Gasteiger charge is -2.21. The van der Waals surface area contributed by atoms with Gasteiger partial charge in [0.25, 0.3) is 0 Å². The van der Waals surface area contributed by atoms with Gasteiger partial charge in [-0.25, -0.2) is 9.98 Å². The maximum atomic E-state index is 5.92. The predicted molar refractivity (Wildman–Crippen MR) is 103 cm³/mol. The quantitative estimate of drug-likeness (QED) is 0.800. The van der Waals surface area contributed by atoms with Gasteiger partial charge < -0.3 is 9.47 Å². The Bertz CT molecular complexity index is 662. The fraction of sp³-hybridized carbons (Fsp3) is 0.619. The largest absolute Gasteiger partial charge is 0.475 e. The second-order valence-electron chi connectivity index (χ2n) is 9.23. The molecule has 2 aliphatic heterocycles. The van der Waals surface area contributed by atoms with E-state index in [2.05, 4.69) is 60.6 Å². The Morgan fingerprint density at radius 1 is 0.800 bits per heavy atom. The molecular formula is C21H30N2O2. The minimum atomic E-state index is 0.103. The fourth-order valence-corrected chi connectivity index (χ4v) is 3.03. The lowest BCUT2D eigenvalue weighted by atomic mass is 9.88. The number of aliphatic imine (C=N–C) groups is 2. The van der Waals surface area contributed by atoms with Crippen LogP contribution in [0.4, 0.5) is 0 Å². The Hall–Kier alpha value is -1.84. The summed E-state index contributed by atoms with van der Waals surface area (Å²) in [5.41, 5.74) is 3.39. The highest BCUT2D eigenvalue weighted by Gasteiger charge is 2.33. The van der Waals surface area contributed by atoms with Crippen LogP contribution in [0.2, 0.25) is 0 Å². The molecule has 0 N–H and O–H groups in total. The number of hydrogen-bond acceptors (Lipinski definition) is 4. The minimum absolute atomic E-state index is 0.103. The Labute approximate surface area is 151 Å². The fourth-order valence-electron chi connectivity index (χ4n) is 3.03. The predicted octanol–water partition coefficient (Wildman–Crippen LogP) is 4.38. The van der Waals surface area contributed by atoms with Gasteiger partial charge in [-0.15, -0.1) is 0 Å². The lowest BCUT2D eigenvalue weighted by molar-refractivity contribution is 0.235. The third kappa shape index (κ3) is 3.58. The summed E-state index contributed by atoms with van der Waals surface area (Å²) in [7, 11) is 0. The van der Waals surface area contributed by atoms with Crippen LogP contribution in [-0.2, 0) is 9.47 Å². The molecule has 2 atom stereocenters. The summed E-state index contributed by atoms with van der Waals surface area (Å²) < 4.78 is 11.8. The summed E-state index contributed by atoms with van der Waals surface area (Å²) in [6.45, 7) is 16.6. The van der Waals surface area contributed by atoms with Gasteiger partial charge in [-0.3, -0.25) is 0 Å². The van der Waals surface area contributed by atoms with Gasteiger partial charge in [0.15, 0.2) is 0 Å². The van der Waals surface area contributed by atoms with Crippen LogP contribution < -0.4 is 0 Å². The molecule has 2 heterocycles. The molecule has 1 aromatic rings. The Morgan fingerprint density at radius 2 is 1.20 bits per heavy atom. The first-order valence-corrected chi connectivity index (χ1v) is 9.09. The number of nitrogens with zero attached hydrogens (tertiary/aromatic N) is 2. The van der Waals surface area contributed by atoms with Crippen molar-refractivity contribution in [2.75, 3.05) is 13.2 Å². The second kappa shape index (κ2) is 6.15. The molecular weight excluding hydrogens is 312 g/mol. The molecule has 0 fully saturated rings. The zero-order valence-corrected chi connectivity index (χ0v) is 16.5. The first kappa shape index (κ1) is 18.0. The monoisotopic (exact) mass is 342 g/mol. The molecule has 0 bridgehead atoms. The van der Waals surface area contributed by atoms with E-state index in [0.717, 1.165) is 28.5 Å². The van der Waals surface area contributed by atoms with Gasteiger partial charge in [0.2, 0.25) is 11.8 Å². The van der Waals surface area contributed by atoms with E-state index in [4.69, 9.17) is 19.5 Å². The zero-order valence-electron chi connectivity index (χ0n) is 16.5. The van der Waals surface area contributed by atoms with Gasteiger partial charge in [0.1, 0.15) is 13.2 Å². The van der Waals surface area contributed by atoms with Gasteiger partial charge in [-0.2, -0.15) is 0 Å². The highest BCUT2D eigenvalue weighted by molar-refractivity contribution is 6.02. The molecule has 136 valence electrons. The Morgan fingerprint density at radius 3 is 1.52 bits per heavy atom. The smallest absolute Gasteiger partial charge is 0.216 e. The van der Waals surface area contributed by atoms with Crippen molar-refractivity contribution in [1.82, 2.24) is 0 Å². The molecule has 0 radical (unpaired) electrons. The van der Waals surface area contributed by atoms with Crippen molar-refractivity contribution >= 4 is 11.8 Å². The van der Waals surface area contributed by atoms with E-state index in [9.17, 15) is 0 Å². The molecule has 0 unspecified atom stereocenters. The SMILES string of the molecule is Cc1c(C2=N[C@@H](C(C)(C)C)CO2)cccc1C1=N[C@@H](C(C)(C)C)CO1. The van der Waals surface area contributed by atoms with E-state index in [1.54, 1.807) is 0 Å². The third-order valence-corrected chi connectivity index (χ3v) is 5.10. The van der Waals surface area contributed by atoms with Crippen LogP contribution in [-0.4, -0.2) is 37.1 Å². The van der Waals surface area contributed by atoms with Gasteiger partial charge in [-0.05, 0) is 35.4 Å². The highest BCUT2D eigenvalue weighted by Crippen LogP contribution is 2.31. The Balaban J connectivity index is 1.92. The summed E-state index contributed by atoms with van der Waals surface area (Å²) in [5, 5.41) is 0. The zero-order chi connectivity index (χ0) is 18.4. The highest BCUT2D eigenvalue weighted by atomic mass is 16.5. The Kier molecular flexibility index (Phi) is 4.42. The average Bonchev–Trinajstić information content (AvgIpc) is 3.16. The van der Waals surface area contributed by atoms with E-state index < -0.39 is 0 Å². The van der Waals surface area contributed by atoms with Crippen LogP contribution in [0.25, 0.3) is 0 Å². The standard InChI is InChI=1S/C21H30N2O2/c1-13-14(18-22-16(11-24-18)20(2,3)4)9-8-10-15(13)19-23-17(12-25-19)21(5,6)7/h8-10,16-17H,11-12H2,1-7H3/t16-,17-/m1/s1. The van der Waals surface area contributed by atoms with Crippen LogP contribution in [0.5, 0.6) is 0 Å². The minimum Gasteiger partial charge on any atom is -0.475 e. The summed E-state index contributed by atoms with van der Waals surface area (Å²) in [4.78, 5) is 9.65. The molecule has 0 amide bonds. The summed E-state index contributed by atoms with van der Waals surface area (Å²) in [6, 6.07) is 6.55. The van der Waals surface area contributed by atoms with Gasteiger partial charge in [-0.1, -0.05) is 47.6 Å². The normalized spacial score (nSPS) is 23.8. The van der Waals surface area contributed by atoms with Crippen LogP contribution in [0.15, 0.2) is 28.2 Å². The van der Waals surface area contributed by atoms with E-state index >= 15 is 0 Å². The molecule has 25 heavy (non-hydrogen) atoms. The molecule has 0 saturated carbocycles. The molecule has 0 aliphatic carbocycles. The van der Waals surface area contributed by atoms with E-state index in [1.807, 2.05) is 6.07 Å². The number of hydrogen-bond donors (Lipinski definition) is 0. The van der Waals surface area contributed by atoms with Crippen molar-refractivity contribution in [3.05, 3.63) is 34.9 Å². The molecule has 2 aliphatic rings. The average molecular weight is 342 g/mol. The topological polar surface area (TPSA) is 43.2 Å². The van der Waals surface area contributed by atoms with Gasteiger partial charge in [0, 0.05) is 11.1 Å². The third-order valence-electron chi connectivity index (χ3n) is 5.10. The molecule has 3 rings (SSSR count). The first-order chi connectivity index (χ1) is 11.6. The van der Waals surface area contributed by atoms with E-state index in [0.29, 0.717) is 13.2 Å². The second-order valence-corrected chi connectivity index (χ2v) is 9.23. The van der Waals surface area contributed by atoms with Crippen molar-refractivity contribution in [3.8, 4) is 0 Å². The molecule has 0 spiro atoms. The summed E-state index contributed by atoms with van der Waals surface area (Å²) in [6.07, 6.45) is 0.